The van der Waals surface area contributed by atoms with Crippen molar-refractivity contribution in [2.45, 2.75) is 31.8 Å². The molecule has 1 fully saturated rings. The van der Waals surface area contributed by atoms with E-state index in [4.69, 9.17) is 0 Å². The van der Waals surface area contributed by atoms with Gasteiger partial charge in [0.25, 0.3) is 0 Å². The minimum atomic E-state index is 0.341. The van der Waals surface area contributed by atoms with Gasteiger partial charge in [-0.2, -0.15) is 0 Å². The zero-order chi connectivity index (χ0) is 10.5. The maximum Gasteiger partial charge on any atom is 0.0570 e. The summed E-state index contributed by atoms with van der Waals surface area (Å²) in [5.41, 5.74) is 1.12. The Kier molecular flexibility index (Phi) is 3.69. The van der Waals surface area contributed by atoms with Gasteiger partial charge in [0.15, 0.2) is 0 Å². The minimum absolute atomic E-state index is 0.341. The van der Waals surface area contributed by atoms with Crippen LogP contribution in [0, 0.1) is 0 Å². The van der Waals surface area contributed by atoms with Crippen LogP contribution >= 0.6 is 0 Å². The number of hydrogen-bond acceptors (Lipinski definition) is 3. The molecule has 2 rings (SSSR count). The Morgan fingerprint density at radius 3 is 3.20 bits per heavy atom. The molecule has 0 aromatic carbocycles. The summed E-state index contributed by atoms with van der Waals surface area (Å²) in [4.78, 5) is 4.34. The summed E-state index contributed by atoms with van der Waals surface area (Å²) in [6, 6.07) is 7.05. The normalized spacial score (nSPS) is 22.9. The predicted molar refractivity (Wildman–Crippen MR) is 61.7 cm³/mol. The number of rotatable bonds is 4. The van der Waals surface area contributed by atoms with E-state index >= 15 is 0 Å². The molecule has 0 bridgehead atoms. The van der Waals surface area contributed by atoms with Crippen molar-refractivity contribution in [2.75, 3.05) is 13.1 Å². The molecule has 2 N–H and O–H groups in total. The van der Waals surface area contributed by atoms with E-state index < -0.39 is 0 Å². The smallest absolute Gasteiger partial charge is 0.0570 e. The molecule has 1 aromatic heterocycles. The van der Waals surface area contributed by atoms with E-state index in [1.807, 2.05) is 18.3 Å². The maximum absolute atomic E-state index is 4.34. The highest BCUT2D eigenvalue weighted by molar-refractivity contribution is 5.07. The first-order chi connectivity index (χ1) is 7.36. The van der Waals surface area contributed by atoms with Crippen molar-refractivity contribution in [3.8, 4) is 0 Å². The summed E-state index contributed by atoms with van der Waals surface area (Å²) in [6.45, 7) is 4.37. The van der Waals surface area contributed by atoms with Gasteiger partial charge < -0.3 is 10.6 Å². The molecule has 2 heterocycles. The Labute approximate surface area is 91.3 Å². The van der Waals surface area contributed by atoms with Crippen LogP contribution in [0.1, 0.15) is 31.5 Å². The van der Waals surface area contributed by atoms with Crippen molar-refractivity contribution in [3.63, 3.8) is 0 Å². The molecule has 1 saturated heterocycles. The zero-order valence-corrected chi connectivity index (χ0v) is 9.24. The molecular weight excluding hydrogens is 186 g/mol. The standard InChI is InChI=1S/C12H19N3/c1-10(12-6-2-3-7-14-12)15-9-11-5-4-8-13-11/h2-3,6-7,10-11,13,15H,4-5,8-9H2,1H3. The molecule has 0 amide bonds. The zero-order valence-electron chi connectivity index (χ0n) is 9.24. The number of pyridine rings is 1. The second kappa shape index (κ2) is 5.24. The lowest BCUT2D eigenvalue weighted by molar-refractivity contribution is 0.484. The number of aromatic nitrogens is 1. The third kappa shape index (κ3) is 3.01. The van der Waals surface area contributed by atoms with Crippen LogP contribution in [0.25, 0.3) is 0 Å². The summed E-state index contributed by atoms with van der Waals surface area (Å²) in [7, 11) is 0. The first kappa shape index (κ1) is 10.6. The summed E-state index contributed by atoms with van der Waals surface area (Å²) in [6.07, 6.45) is 4.45. The van der Waals surface area contributed by atoms with Gasteiger partial charge in [-0.15, -0.1) is 0 Å². The van der Waals surface area contributed by atoms with Crippen molar-refractivity contribution in [3.05, 3.63) is 30.1 Å². The van der Waals surface area contributed by atoms with Crippen LogP contribution in [0.3, 0.4) is 0 Å². The summed E-state index contributed by atoms with van der Waals surface area (Å²) in [5.74, 6) is 0. The van der Waals surface area contributed by atoms with Crippen molar-refractivity contribution in [1.29, 1.82) is 0 Å². The minimum Gasteiger partial charge on any atom is -0.313 e. The topological polar surface area (TPSA) is 37.0 Å². The maximum atomic E-state index is 4.34. The monoisotopic (exact) mass is 205 g/mol. The average molecular weight is 205 g/mol. The van der Waals surface area contributed by atoms with E-state index in [2.05, 4.69) is 28.6 Å². The van der Waals surface area contributed by atoms with Crippen LogP contribution < -0.4 is 10.6 Å². The van der Waals surface area contributed by atoms with Crippen molar-refractivity contribution >= 4 is 0 Å². The fourth-order valence-electron chi connectivity index (χ4n) is 1.99. The molecule has 0 spiro atoms. The van der Waals surface area contributed by atoms with Crippen LogP contribution in [0.5, 0.6) is 0 Å². The Hall–Kier alpha value is -0.930. The largest absolute Gasteiger partial charge is 0.313 e. The van der Waals surface area contributed by atoms with Crippen LogP contribution in [-0.4, -0.2) is 24.1 Å². The van der Waals surface area contributed by atoms with Crippen LogP contribution in [0.15, 0.2) is 24.4 Å². The van der Waals surface area contributed by atoms with Crippen molar-refractivity contribution in [1.82, 2.24) is 15.6 Å². The highest BCUT2D eigenvalue weighted by atomic mass is 15.0. The van der Waals surface area contributed by atoms with Crippen LogP contribution in [0.4, 0.5) is 0 Å². The molecule has 2 unspecified atom stereocenters. The predicted octanol–water partition coefficient (Wildman–Crippen LogP) is 1.48. The SMILES string of the molecule is CC(NCC1CCCN1)c1ccccn1. The van der Waals surface area contributed by atoms with Gasteiger partial charge in [-0.05, 0) is 38.4 Å². The van der Waals surface area contributed by atoms with Crippen LogP contribution in [-0.2, 0) is 0 Å². The molecule has 0 aliphatic carbocycles. The van der Waals surface area contributed by atoms with Gasteiger partial charge in [0.1, 0.15) is 0 Å². The lowest BCUT2D eigenvalue weighted by Crippen LogP contribution is -2.35. The molecule has 1 aliphatic rings. The Morgan fingerprint density at radius 1 is 1.60 bits per heavy atom. The number of nitrogens with zero attached hydrogens (tertiary/aromatic N) is 1. The molecule has 2 atom stereocenters. The fraction of sp³-hybridized carbons (Fsp3) is 0.583. The summed E-state index contributed by atoms with van der Waals surface area (Å²) >= 11 is 0. The Bertz CT molecular complexity index is 280. The van der Waals surface area contributed by atoms with E-state index in [0.717, 1.165) is 12.2 Å². The number of nitrogens with one attached hydrogen (secondary N) is 2. The Balaban J connectivity index is 1.79. The lowest BCUT2D eigenvalue weighted by Gasteiger charge is -2.16. The van der Waals surface area contributed by atoms with Crippen LogP contribution in [0.2, 0.25) is 0 Å². The second-order valence-corrected chi connectivity index (χ2v) is 4.18. The first-order valence-electron chi connectivity index (χ1n) is 5.74. The molecule has 1 aliphatic heterocycles. The van der Waals surface area contributed by atoms with E-state index in [-0.39, 0.29) is 0 Å². The van der Waals surface area contributed by atoms with Crippen molar-refractivity contribution in [2.24, 2.45) is 0 Å². The molecule has 3 heteroatoms. The summed E-state index contributed by atoms with van der Waals surface area (Å²) in [5, 5.41) is 7.00. The van der Waals surface area contributed by atoms with E-state index in [1.165, 1.54) is 19.4 Å². The molecular formula is C12H19N3. The van der Waals surface area contributed by atoms with Gasteiger partial charge in [0.05, 0.1) is 5.69 Å². The van der Waals surface area contributed by atoms with Gasteiger partial charge in [-0.25, -0.2) is 0 Å². The second-order valence-electron chi connectivity index (χ2n) is 4.18. The van der Waals surface area contributed by atoms with Crippen molar-refractivity contribution < 1.29 is 0 Å². The van der Waals surface area contributed by atoms with Gasteiger partial charge in [-0.3, -0.25) is 4.98 Å². The van der Waals surface area contributed by atoms with E-state index in [9.17, 15) is 0 Å². The lowest BCUT2D eigenvalue weighted by atomic mass is 10.2. The van der Waals surface area contributed by atoms with Gasteiger partial charge >= 0.3 is 0 Å². The Morgan fingerprint density at radius 2 is 2.53 bits per heavy atom. The molecule has 3 nitrogen and oxygen atoms in total. The van der Waals surface area contributed by atoms with Gasteiger partial charge in [-0.1, -0.05) is 6.07 Å². The average Bonchev–Trinajstić information content (AvgIpc) is 2.80. The van der Waals surface area contributed by atoms with E-state index in [1.54, 1.807) is 0 Å². The first-order valence-corrected chi connectivity index (χ1v) is 5.74. The molecule has 82 valence electrons. The van der Waals surface area contributed by atoms with E-state index in [0.29, 0.717) is 12.1 Å². The highest BCUT2D eigenvalue weighted by Crippen LogP contribution is 2.09. The third-order valence-corrected chi connectivity index (χ3v) is 2.96. The quantitative estimate of drug-likeness (QED) is 0.782. The highest BCUT2D eigenvalue weighted by Gasteiger charge is 2.15. The third-order valence-electron chi connectivity index (χ3n) is 2.96. The molecule has 0 saturated carbocycles. The molecule has 1 aromatic rings. The molecule has 0 radical (unpaired) electrons. The van der Waals surface area contributed by atoms with Gasteiger partial charge in [0, 0.05) is 24.8 Å². The number of hydrogen-bond donors (Lipinski definition) is 2. The molecule has 15 heavy (non-hydrogen) atoms. The van der Waals surface area contributed by atoms with Gasteiger partial charge in [0.2, 0.25) is 0 Å². The summed E-state index contributed by atoms with van der Waals surface area (Å²) < 4.78 is 0. The fourth-order valence-corrected chi connectivity index (χ4v) is 1.99.